The van der Waals surface area contributed by atoms with E-state index in [1.54, 1.807) is 0 Å². The quantitative estimate of drug-likeness (QED) is 0.720. The van der Waals surface area contributed by atoms with Crippen LogP contribution >= 0.6 is 0 Å². The Morgan fingerprint density at radius 1 is 1.61 bits per heavy atom. The number of anilines is 2. The Morgan fingerprint density at radius 2 is 2.33 bits per heavy atom. The van der Waals surface area contributed by atoms with Crippen molar-refractivity contribution in [2.75, 3.05) is 17.6 Å². The van der Waals surface area contributed by atoms with Crippen LogP contribution in [-0.2, 0) is 0 Å². The van der Waals surface area contributed by atoms with Crippen LogP contribution in [0.2, 0.25) is 0 Å². The third-order valence-corrected chi connectivity index (χ3v) is 3.55. The second-order valence-electron chi connectivity index (χ2n) is 5.07. The van der Waals surface area contributed by atoms with Gasteiger partial charge in [0.1, 0.15) is 5.82 Å². The van der Waals surface area contributed by atoms with E-state index in [4.69, 9.17) is 10.8 Å². The van der Waals surface area contributed by atoms with E-state index in [0.29, 0.717) is 11.2 Å². The third kappa shape index (κ3) is 2.72. The van der Waals surface area contributed by atoms with Crippen molar-refractivity contribution in [3.8, 4) is 0 Å². The molecule has 1 aromatic rings. The lowest BCUT2D eigenvalue weighted by molar-refractivity contribution is 0.0698. The summed E-state index contributed by atoms with van der Waals surface area (Å²) in [5.74, 6) is -0.434. The fraction of sp³-hybridized carbons (Fsp3) is 0.538. The summed E-state index contributed by atoms with van der Waals surface area (Å²) in [5, 5.41) is 12.2. The van der Waals surface area contributed by atoms with Gasteiger partial charge in [-0.2, -0.15) is 0 Å². The Hall–Kier alpha value is -1.78. The average Bonchev–Trinajstić information content (AvgIpc) is 3.08. The van der Waals surface area contributed by atoms with Crippen LogP contribution in [0.15, 0.2) is 12.3 Å². The molecular weight excluding hydrogens is 230 g/mol. The van der Waals surface area contributed by atoms with E-state index in [9.17, 15) is 4.79 Å². The van der Waals surface area contributed by atoms with Crippen molar-refractivity contribution in [1.82, 2.24) is 4.98 Å². The summed E-state index contributed by atoms with van der Waals surface area (Å²) in [6.45, 7) is 3.04. The number of aromatic nitrogens is 1. The van der Waals surface area contributed by atoms with E-state index in [2.05, 4.69) is 17.2 Å². The molecule has 5 nitrogen and oxygen atoms in total. The van der Waals surface area contributed by atoms with Gasteiger partial charge in [0.05, 0.1) is 17.4 Å². The fourth-order valence-corrected chi connectivity index (χ4v) is 2.25. The second-order valence-corrected chi connectivity index (χ2v) is 5.07. The minimum atomic E-state index is -1.02. The van der Waals surface area contributed by atoms with Crippen LogP contribution in [0.3, 0.4) is 0 Å². The topological polar surface area (TPSA) is 88.2 Å². The van der Waals surface area contributed by atoms with Gasteiger partial charge < -0.3 is 16.2 Å². The molecule has 4 N–H and O–H groups in total. The molecule has 0 aromatic carbocycles. The van der Waals surface area contributed by atoms with Gasteiger partial charge in [-0.05, 0) is 30.7 Å². The number of pyridine rings is 1. The number of nitrogens with one attached hydrogen (secondary N) is 1. The van der Waals surface area contributed by atoms with Crippen LogP contribution in [-0.4, -0.2) is 22.6 Å². The maximum absolute atomic E-state index is 11.0. The van der Waals surface area contributed by atoms with E-state index >= 15 is 0 Å². The molecule has 0 atom stereocenters. The second kappa shape index (κ2) is 4.84. The molecule has 0 spiro atoms. The Labute approximate surface area is 106 Å². The molecule has 98 valence electrons. The molecule has 0 saturated heterocycles. The number of hydrogen-bond donors (Lipinski definition) is 3. The maximum Gasteiger partial charge on any atom is 0.337 e. The fourth-order valence-electron chi connectivity index (χ4n) is 2.25. The first-order chi connectivity index (χ1) is 8.56. The number of aromatic carboxylic acids is 1. The van der Waals surface area contributed by atoms with Gasteiger partial charge in [-0.1, -0.05) is 13.3 Å². The van der Waals surface area contributed by atoms with Crippen LogP contribution in [0.25, 0.3) is 0 Å². The van der Waals surface area contributed by atoms with Gasteiger partial charge in [-0.25, -0.2) is 9.78 Å². The molecular formula is C13H19N3O2. The Balaban J connectivity index is 2.02. The monoisotopic (exact) mass is 249 g/mol. The number of nitrogen functional groups attached to an aromatic ring is 1. The number of hydrogen-bond acceptors (Lipinski definition) is 4. The first kappa shape index (κ1) is 12.7. The highest BCUT2D eigenvalue weighted by molar-refractivity contribution is 5.94. The van der Waals surface area contributed by atoms with Gasteiger partial charge in [-0.15, -0.1) is 0 Å². The van der Waals surface area contributed by atoms with Crippen molar-refractivity contribution >= 4 is 17.5 Å². The zero-order valence-corrected chi connectivity index (χ0v) is 10.6. The minimum Gasteiger partial charge on any atom is -0.478 e. The molecule has 0 aliphatic heterocycles. The number of nitrogens with zero attached hydrogens (tertiary/aromatic N) is 1. The average molecular weight is 249 g/mol. The Bertz CT molecular complexity index is 456. The number of carboxylic acids is 1. The zero-order valence-electron chi connectivity index (χ0n) is 10.6. The Kier molecular flexibility index (Phi) is 3.41. The van der Waals surface area contributed by atoms with Crippen molar-refractivity contribution < 1.29 is 9.90 Å². The summed E-state index contributed by atoms with van der Waals surface area (Å²) in [6.07, 6.45) is 6.27. The first-order valence-corrected chi connectivity index (χ1v) is 6.29. The predicted octanol–water partition coefficient (Wildman–Crippen LogP) is 2.35. The summed E-state index contributed by atoms with van der Waals surface area (Å²) in [7, 11) is 0. The first-order valence-electron chi connectivity index (χ1n) is 6.29. The van der Waals surface area contributed by atoms with E-state index < -0.39 is 5.97 Å². The summed E-state index contributed by atoms with van der Waals surface area (Å²) < 4.78 is 0. The minimum absolute atomic E-state index is 0.104. The summed E-state index contributed by atoms with van der Waals surface area (Å²) >= 11 is 0. The lowest BCUT2D eigenvalue weighted by atomic mass is 10.0. The van der Waals surface area contributed by atoms with Crippen LogP contribution in [0.4, 0.5) is 11.5 Å². The standard InChI is InChI=1S/C13H19N3O2/c1-2-3-13(4-5-13)8-16-11-6-9(12(17)18)10(14)7-15-11/h6-7H,2-5,8,14H2,1H3,(H,15,16)(H,17,18). The van der Waals surface area contributed by atoms with Crippen LogP contribution in [0.1, 0.15) is 43.0 Å². The molecule has 0 radical (unpaired) electrons. The summed E-state index contributed by atoms with van der Waals surface area (Å²) in [4.78, 5) is 15.1. The van der Waals surface area contributed by atoms with Gasteiger partial charge in [0.2, 0.25) is 0 Å². The molecule has 0 amide bonds. The van der Waals surface area contributed by atoms with Crippen molar-refractivity contribution in [3.05, 3.63) is 17.8 Å². The number of carbonyl (C=O) groups is 1. The molecule has 1 heterocycles. The molecule has 5 heteroatoms. The molecule has 1 fully saturated rings. The van der Waals surface area contributed by atoms with Crippen LogP contribution in [0.5, 0.6) is 0 Å². The number of nitrogens with two attached hydrogens (primary N) is 1. The molecule has 18 heavy (non-hydrogen) atoms. The van der Waals surface area contributed by atoms with Gasteiger partial charge in [0.25, 0.3) is 0 Å². The summed E-state index contributed by atoms with van der Waals surface area (Å²) in [6, 6.07) is 1.50. The van der Waals surface area contributed by atoms with Crippen molar-refractivity contribution in [2.45, 2.75) is 32.6 Å². The third-order valence-electron chi connectivity index (χ3n) is 3.55. The van der Waals surface area contributed by atoms with E-state index in [1.165, 1.54) is 37.9 Å². The molecule has 1 aliphatic rings. The SMILES string of the molecule is CCCC1(CNc2cc(C(=O)O)c(N)cn2)CC1. The van der Waals surface area contributed by atoms with Gasteiger partial charge >= 0.3 is 5.97 Å². The van der Waals surface area contributed by atoms with E-state index in [1.807, 2.05) is 0 Å². The molecule has 2 rings (SSSR count). The molecule has 1 aliphatic carbocycles. The number of carboxylic acid groups (broad SMARTS) is 1. The molecule has 0 unspecified atom stereocenters. The van der Waals surface area contributed by atoms with Crippen LogP contribution < -0.4 is 11.1 Å². The largest absolute Gasteiger partial charge is 0.478 e. The smallest absolute Gasteiger partial charge is 0.337 e. The van der Waals surface area contributed by atoms with Gasteiger partial charge in [-0.3, -0.25) is 0 Å². The van der Waals surface area contributed by atoms with Crippen molar-refractivity contribution in [1.29, 1.82) is 0 Å². The Morgan fingerprint density at radius 3 is 2.89 bits per heavy atom. The normalized spacial score (nSPS) is 16.3. The van der Waals surface area contributed by atoms with Crippen molar-refractivity contribution in [2.24, 2.45) is 5.41 Å². The zero-order chi connectivity index (χ0) is 13.2. The highest BCUT2D eigenvalue weighted by Crippen LogP contribution is 2.49. The van der Waals surface area contributed by atoms with Gasteiger partial charge in [0, 0.05) is 6.54 Å². The lowest BCUT2D eigenvalue weighted by Gasteiger charge is -2.15. The molecule has 1 aromatic heterocycles. The van der Waals surface area contributed by atoms with E-state index in [-0.39, 0.29) is 11.3 Å². The molecule has 0 bridgehead atoms. The van der Waals surface area contributed by atoms with Crippen molar-refractivity contribution in [3.63, 3.8) is 0 Å². The highest BCUT2D eigenvalue weighted by atomic mass is 16.4. The number of rotatable bonds is 6. The van der Waals surface area contributed by atoms with E-state index in [0.717, 1.165) is 6.54 Å². The maximum atomic E-state index is 11.0. The predicted molar refractivity (Wildman–Crippen MR) is 70.7 cm³/mol. The highest BCUT2D eigenvalue weighted by Gasteiger charge is 2.41. The van der Waals surface area contributed by atoms with Gasteiger partial charge in [0.15, 0.2) is 0 Å². The molecule has 1 saturated carbocycles. The van der Waals surface area contributed by atoms with Crippen LogP contribution in [0, 0.1) is 5.41 Å². The summed E-state index contributed by atoms with van der Waals surface area (Å²) in [5.41, 5.74) is 6.27. The lowest BCUT2D eigenvalue weighted by Crippen LogP contribution is -2.16.